The van der Waals surface area contributed by atoms with Crippen LogP contribution in [0.5, 0.6) is 0 Å². The third-order valence-electron chi connectivity index (χ3n) is 3.81. The lowest BCUT2D eigenvalue weighted by Gasteiger charge is -2.35. The van der Waals surface area contributed by atoms with E-state index in [0.717, 1.165) is 4.90 Å². The van der Waals surface area contributed by atoms with E-state index in [1.807, 2.05) is 13.8 Å². The highest BCUT2D eigenvalue weighted by atomic mass is 32.2. The predicted molar refractivity (Wildman–Crippen MR) is 86.2 cm³/mol. The van der Waals surface area contributed by atoms with Crippen molar-refractivity contribution in [2.45, 2.75) is 62.1 Å². The van der Waals surface area contributed by atoms with Crippen LogP contribution in [0.25, 0.3) is 0 Å². The smallest absolute Gasteiger partial charge is 0.303 e. The maximum atomic E-state index is 11.3. The van der Waals surface area contributed by atoms with Crippen LogP contribution in [0.1, 0.15) is 26.3 Å². The highest BCUT2D eigenvalue weighted by molar-refractivity contribution is 7.99. The molecule has 0 spiro atoms. The highest BCUT2D eigenvalue weighted by Gasteiger charge is 2.53. The van der Waals surface area contributed by atoms with Crippen molar-refractivity contribution in [1.82, 2.24) is 0 Å². The molecule has 1 aromatic rings. The molecule has 2 saturated heterocycles. The number of aryl methyl sites for hydroxylation is 1. The van der Waals surface area contributed by atoms with E-state index >= 15 is 0 Å². The van der Waals surface area contributed by atoms with Gasteiger partial charge in [-0.25, -0.2) is 0 Å². The molecule has 3 rings (SSSR count). The maximum Gasteiger partial charge on any atom is 0.303 e. The molecule has 2 aliphatic heterocycles. The van der Waals surface area contributed by atoms with Crippen molar-refractivity contribution in [2.75, 3.05) is 6.61 Å². The van der Waals surface area contributed by atoms with Gasteiger partial charge in [0.1, 0.15) is 17.6 Å². The summed E-state index contributed by atoms with van der Waals surface area (Å²) in [5, 5.41) is 0. The maximum absolute atomic E-state index is 11.3. The highest BCUT2D eigenvalue weighted by Crippen LogP contribution is 2.41. The first kappa shape index (κ1) is 16.8. The van der Waals surface area contributed by atoms with Gasteiger partial charge in [0.25, 0.3) is 0 Å². The third-order valence-corrected chi connectivity index (χ3v) is 4.99. The van der Waals surface area contributed by atoms with E-state index in [-0.39, 0.29) is 23.6 Å². The number of thioether (sulfide) groups is 1. The first-order valence-electron chi connectivity index (χ1n) is 7.72. The van der Waals surface area contributed by atoms with Gasteiger partial charge in [0.15, 0.2) is 11.9 Å². The Kier molecular flexibility index (Phi) is 4.69. The number of ether oxygens (including phenoxy) is 4. The molecule has 0 unspecified atom stereocenters. The second-order valence-corrected chi connectivity index (χ2v) is 7.52. The van der Waals surface area contributed by atoms with Gasteiger partial charge in [-0.15, -0.1) is 0 Å². The summed E-state index contributed by atoms with van der Waals surface area (Å²) in [7, 11) is 0. The van der Waals surface area contributed by atoms with Crippen molar-refractivity contribution in [1.29, 1.82) is 0 Å². The van der Waals surface area contributed by atoms with Crippen LogP contribution < -0.4 is 0 Å². The fraction of sp³-hybridized carbons (Fsp3) is 0.588. The largest absolute Gasteiger partial charge is 0.457 e. The zero-order valence-corrected chi connectivity index (χ0v) is 14.6. The van der Waals surface area contributed by atoms with Gasteiger partial charge in [0.05, 0.1) is 6.61 Å². The van der Waals surface area contributed by atoms with Gasteiger partial charge in [-0.1, -0.05) is 29.5 Å². The lowest BCUT2D eigenvalue weighted by atomic mass is 10.1. The molecule has 2 heterocycles. The molecule has 4 atom stereocenters. The summed E-state index contributed by atoms with van der Waals surface area (Å²) in [5.41, 5.74) is 1.02. The SMILES string of the molecule is CC(=O)O[C@@H]1CO[C@@H](Sc2ccc(C)cc2)[C@@H]2OC(C)(C)O[C@H]21. The number of carbonyl (C=O) groups excluding carboxylic acids is 1. The van der Waals surface area contributed by atoms with E-state index in [1.54, 1.807) is 11.8 Å². The fourth-order valence-corrected chi connectivity index (χ4v) is 3.91. The number of esters is 1. The molecular formula is C17H22O5S. The van der Waals surface area contributed by atoms with Crippen molar-refractivity contribution in [2.24, 2.45) is 0 Å². The van der Waals surface area contributed by atoms with Crippen molar-refractivity contribution in [3.8, 4) is 0 Å². The summed E-state index contributed by atoms with van der Waals surface area (Å²) in [6, 6.07) is 8.27. The molecule has 5 nitrogen and oxygen atoms in total. The zero-order chi connectivity index (χ0) is 16.6. The Hall–Kier alpha value is -1.08. The van der Waals surface area contributed by atoms with E-state index in [4.69, 9.17) is 18.9 Å². The first-order chi connectivity index (χ1) is 10.8. The average Bonchev–Trinajstić information content (AvgIpc) is 2.79. The first-order valence-corrected chi connectivity index (χ1v) is 8.60. The minimum Gasteiger partial charge on any atom is -0.457 e. The summed E-state index contributed by atoms with van der Waals surface area (Å²) >= 11 is 1.60. The molecule has 0 radical (unpaired) electrons. The van der Waals surface area contributed by atoms with Crippen molar-refractivity contribution >= 4 is 17.7 Å². The normalized spacial score (nSPS) is 32.3. The zero-order valence-electron chi connectivity index (χ0n) is 13.8. The summed E-state index contributed by atoms with van der Waals surface area (Å²) in [6.45, 7) is 7.49. The summed E-state index contributed by atoms with van der Waals surface area (Å²) in [5.74, 6) is -1.05. The molecule has 126 valence electrons. The second kappa shape index (κ2) is 6.43. The molecule has 6 heteroatoms. The fourth-order valence-electron chi connectivity index (χ4n) is 2.86. The summed E-state index contributed by atoms with van der Waals surface area (Å²) in [4.78, 5) is 12.4. The molecule has 1 aromatic carbocycles. The Morgan fingerprint density at radius 1 is 1.22 bits per heavy atom. The Bertz CT molecular complexity index is 571. The quantitative estimate of drug-likeness (QED) is 0.790. The molecular weight excluding hydrogens is 316 g/mol. The Morgan fingerprint density at radius 3 is 2.52 bits per heavy atom. The second-order valence-electron chi connectivity index (χ2n) is 6.35. The average molecular weight is 338 g/mol. The van der Waals surface area contributed by atoms with Gasteiger partial charge < -0.3 is 18.9 Å². The van der Waals surface area contributed by atoms with E-state index in [0.29, 0.717) is 6.61 Å². The number of fused-ring (bicyclic) bond motifs is 1. The van der Waals surface area contributed by atoms with Crippen LogP contribution in [0.15, 0.2) is 29.2 Å². The number of rotatable bonds is 3. The van der Waals surface area contributed by atoms with Crippen molar-refractivity contribution < 1.29 is 23.7 Å². The number of benzene rings is 1. The van der Waals surface area contributed by atoms with E-state index in [9.17, 15) is 4.79 Å². The molecule has 0 aromatic heterocycles. The standard InChI is InChI=1S/C17H22O5S/c1-10-5-7-12(8-6-10)23-16-15-14(21-17(3,4)22-15)13(9-19-16)20-11(2)18/h5-8,13-16H,9H2,1-4H3/t13-,14+,15-,16+/m1/s1. The van der Waals surface area contributed by atoms with Gasteiger partial charge >= 0.3 is 5.97 Å². The van der Waals surface area contributed by atoms with Crippen LogP contribution in [-0.2, 0) is 23.7 Å². The lowest BCUT2D eigenvalue weighted by molar-refractivity contribution is -0.175. The van der Waals surface area contributed by atoms with Crippen LogP contribution >= 0.6 is 11.8 Å². The topological polar surface area (TPSA) is 54.0 Å². The molecule has 2 fully saturated rings. The molecule has 0 saturated carbocycles. The minimum atomic E-state index is -0.715. The molecule has 0 aliphatic carbocycles. The van der Waals surface area contributed by atoms with Crippen LogP contribution in [0.2, 0.25) is 0 Å². The van der Waals surface area contributed by atoms with Gasteiger partial charge in [-0.05, 0) is 32.9 Å². The van der Waals surface area contributed by atoms with Crippen LogP contribution in [0.3, 0.4) is 0 Å². The van der Waals surface area contributed by atoms with E-state index in [2.05, 4.69) is 31.2 Å². The van der Waals surface area contributed by atoms with Gasteiger partial charge in [-0.3, -0.25) is 4.79 Å². The van der Waals surface area contributed by atoms with Crippen LogP contribution in [0.4, 0.5) is 0 Å². The lowest BCUT2D eigenvalue weighted by Crippen LogP contribution is -2.51. The Morgan fingerprint density at radius 2 is 1.87 bits per heavy atom. The monoisotopic (exact) mass is 338 g/mol. The summed E-state index contributed by atoms with van der Waals surface area (Å²) in [6.07, 6.45) is -1.03. The van der Waals surface area contributed by atoms with Crippen LogP contribution in [0, 0.1) is 6.92 Å². The molecule has 0 N–H and O–H groups in total. The third kappa shape index (κ3) is 3.88. The molecule has 0 bridgehead atoms. The van der Waals surface area contributed by atoms with Crippen molar-refractivity contribution in [3.63, 3.8) is 0 Å². The number of hydrogen-bond donors (Lipinski definition) is 0. The Labute approximate surface area is 140 Å². The van der Waals surface area contributed by atoms with Crippen LogP contribution in [-0.4, -0.2) is 42.1 Å². The van der Waals surface area contributed by atoms with Crippen molar-refractivity contribution in [3.05, 3.63) is 29.8 Å². The van der Waals surface area contributed by atoms with E-state index < -0.39 is 11.9 Å². The number of carbonyl (C=O) groups is 1. The number of hydrogen-bond acceptors (Lipinski definition) is 6. The van der Waals surface area contributed by atoms with Gasteiger partial charge in [0, 0.05) is 11.8 Å². The van der Waals surface area contributed by atoms with Gasteiger partial charge in [0.2, 0.25) is 0 Å². The Balaban J connectivity index is 1.75. The molecule has 0 amide bonds. The molecule has 2 aliphatic rings. The molecule has 23 heavy (non-hydrogen) atoms. The van der Waals surface area contributed by atoms with Gasteiger partial charge in [-0.2, -0.15) is 0 Å². The summed E-state index contributed by atoms with van der Waals surface area (Å²) < 4.78 is 23.2. The predicted octanol–water partition coefficient (Wildman–Crippen LogP) is 2.90. The van der Waals surface area contributed by atoms with E-state index in [1.165, 1.54) is 12.5 Å². The minimum absolute atomic E-state index is 0.198.